The summed E-state index contributed by atoms with van der Waals surface area (Å²) in [6.45, 7) is 8.14. The molecule has 0 aliphatic heterocycles. The van der Waals surface area contributed by atoms with Crippen molar-refractivity contribution in [3.05, 3.63) is 29.8 Å². The highest BCUT2D eigenvalue weighted by molar-refractivity contribution is 5.38. The molecule has 1 unspecified atom stereocenters. The van der Waals surface area contributed by atoms with E-state index in [0.29, 0.717) is 0 Å². The van der Waals surface area contributed by atoms with Crippen LogP contribution in [0.2, 0.25) is 0 Å². The topological polar surface area (TPSA) is 33.0 Å². The van der Waals surface area contributed by atoms with Crippen LogP contribution in [-0.4, -0.2) is 6.10 Å². The largest absolute Gasteiger partial charge is 0.476 e. The first-order valence-corrected chi connectivity index (χ1v) is 5.11. The van der Waals surface area contributed by atoms with Crippen molar-refractivity contribution in [3.8, 4) is 11.8 Å². The minimum absolute atomic E-state index is 0.0335. The van der Waals surface area contributed by atoms with Crippen LogP contribution in [0.5, 0.6) is 5.75 Å². The molecule has 0 fully saturated rings. The minimum Gasteiger partial charge on any atom is -0.476 e. The van der Waals surface area contributed by atoms with Gasteiger partial charge in [-0.15, -0.1) is 0 Å². The van der Waals surface area contributed by atoms with Crippen molar-refractivity contribution in [3.63, 3.8) is 0 Å². The summed E-state index contributed by atoms with van der Waals surface area (Å²) in [5.74, 6) is 0.805. The number of hydrogen-bond acceptors (Lipinski definition) is 2. The van der Waals surface area contributed by atoms with Crippen molar-refractivity contribution in [1.82, 2.24) is 0 Å². The lowest BCUT2D eigenvalue weighted by molar-refractivity contribution is 0.269. The highest BCUT2D eigenvalue weighted by Crippen LogP contribution is 2.31. The molecule has 1 rings (SSSR count). The Labute approximate surface area is 91.5 Å². The predicted octanol–water partition coefficient (Wildman–Crippen LogP) is 3.27. The molecule has 0 aromatic heterocycles. The molecule has 0 amide bonds. The lowest BCUT2D eigenvalue weighted by atomic mass is 9.86. The molecule has 0 radical (unpaired) electrons. The maximum atomic E-state index is 8.71. The highest BCUT2D eigenvalue weighted by atomic mass is 16.5. The van der Waals surface area contributed by atoms with Crippen LogP contribution < -0.4 is 4.74 Å². The quantitative estimate of drug-likeness (QED) is 0.739. The number of rotatable bonds is 2. The van der Waals surface area contributed by atoms with Crippen molar-refractivity contribution in [1.29, 1.82) is 5.26 Å². The Kier molecular flexibility index (Phi) is 3.36. The fourth-order valence-electron chi connectivity index (χ4n) is 1.41. The molecule has 0 aliphatic rings. The molecule has 0 saturated carbocycles. The van der Waals surface area contributed by atoms with Gasteiger partial charge in [0.1, 0.15) is 11.8 Å². The van der Waals surface area contributed by atoms with E-state index < -0.39 is 6.10 Å². The molecule has 1 aromatic carbocycles. The fourth-order valence-corrected chi connectivity index (χ4v) is 1.41. The average molecular weight is 203 g/mol. The summed E-state index contributed by atoms with van der Waals surface area (Å²) in [5, 5.41) is 8.71. The van der Waals surface area contributed by atoms with Crippen LogP contribution in [0, 0.1) is 11.3 Å². The van der Waals surface area contributed by atoms with Crippen molar-refractivity contribution in [2.45, 2.75) is 39.2 Å². The zero-order valence-corrected chi connectivity index (χ0v) is 9.74. The number of nitrogens with zero attached hydrogens (tertiary/aromatic N) is 1. The molecule has 0 spiro atoms. The van der Waals surface area contributed by atoms with Gasteiger partial charge in [0.15, 0.2) is 6.10 Å². The molecule has 1 atom stereocenters. The Hall–Kier alpha value is -1.49. The van der Waals surface area contributed by atoms with E-state index in [9.17, 15) is 0 Å². The zero-order chi connectivity index (χ0) is 11.5. The SMILES string of the molecule is CC(C#N)Oc1ccccc1C(C)(C)C. The van der Waals surface area contributed by atoms with Gasteiger partial charge in [0, 0.05) is 0 Å². The Bertz CT molecular complexity index is 371. The van der Waals surface area contributed by atoms with Crippen LogP contribution in [0.3, 0.4) is 0 Å². The number of hydrogen-bond donors (Lipinski definition) is 0. The molecular weight excluding hydrogens is 186 g/mol. The summed E-state index contributed by atoms with van der Waals surface area (Å²) in [5.41, 5.74) is 1.17. The first-order valence-electron chi connectivity index (χ1n) is 5.11. The third-order valence-corrected chi connectivity index (χ3v) is 2.18. The van der Waals surface area contributed by atoms with E-state index in [0.717, 1.165) is 11.3 Å². The van der Waals surface area contributed by atoms with Crippen molar-refractivity contribution in [2.24, 2.45) is 0 Å². The molecule has 2 nitrogen and oxygen atoms in total. The second kappa shape index (κ2) is 4.35. The van der Waals surface area contributed by atoms with Crippen LogP contribution in [-0.2, 0) is 5.41 Å². The zero-order valence-electron chi connectivity index (χ0n) is 9.74. The fraction of sp³-hybridized carbons (Fsp3) is 0.462. The van der Waals surface area contributed by atoms with Gasteiger partial charge in [0.05, 0.1) is 0 Å². The standard InChI is InChI=1S/C13H17NO/c1-10(9-14)15-12-8-6-5-7-11(12)13(2,3)4/h5-8,10H,1-4H3. The Morgan fingerprint density at radius 3 is 2.40 bits per heavy atom. The summed E-state index contributed by atoms with van der Waals surface area (Å²) in [4.78, 5) is 0. The van der Waals surface area contributed by atoms with E-state index in [1.165, 1.54) is 0 Å². The molecule has 0 N–H and O–H groups in total. The molecule has 0 aliphatic carbocycles. The van der Waals surface area contributed by atoms with Crippen molar-refractivity contribution >= 4 is 0 Å². The monoisotopic (exact) mass is 203 g/mol. The van der Waals surface area contributed by atoms with Gasteiger partial charge in [-0.05, 0) is 24.0 Å². The molecule has 15 heavy (non-hydrogen) atoms. The third-order valence-electron chi connectivity index (χ3n) is 2.18. The smallest absolute Gasteiger partial charge is 0.181 e. The number of para-hydroxylation sites is 1. The molecule has 0 heterocycles. The molecule has 0 bridgehead atoms. The maximum absolute atomic E-state index is 8.71. The molecule has 80 valence electrons. The average Bonchev–Trinajstić information content (AvgIpc) is 2.17. The summed E-state index contributed by atoms with van der Waals surface area (Å²) in [7, 11) is 0. The first-order chi connectivity index (χ1) is 6.95. The molecule has 2 heteroatoms. The summed E-state index contributed by atoms with van der Waals surface area (Å²) in [6.07, 6.45) is -0.409. The van der Waals surface area contributed by atoms with Crippen LogP contribution in [0.4, 0.5) is 0 Å². The summed E-state index contributed by atoms with van der Waals surface area (Å²) >= 11 is 0. The van der Waals surface area contributed by atoms with Crippen LogP contribution in [0.25, 0.3) is 0 Å². The van der Waals surface area contributed by atoms with Crippen molar-refractivity contribution < 1.29 is 4.74 Å². The minimum atomic E-state index is -0.409. The van der Waals surface area contributed by atoms with Gasteiger partial charge in [0.2, 0.25) is 0 Å². The normalized spacial score (nSPS) is 13.0. The third kappa shape index (κ3) is 2.99. The van der Waals surface area contributed by atoms with Gasteiger partial charge in [-0.25, -0.2) is 0 Å². The maximum Gasteiger partial charge on any atom is 0.181 e. The second-order valence-electron chi connectivity index (χ2n) is 4.64. The van der Waals surface area contributed by atoms with Gasteiger partial charge >= 0.3 is 0 Å². The second-order valence-corrected chi connectivity index (χ2v) is 4.64. The number of ether oxygens (including phenoxy) is 1. The number of benzene rings is 1. The Morgan fingerprint density at radius 1 is 1.27 bits per heavy atom. The van der Waals surface area contributed by atoms with E-state index in [1.807, 2.05) is 24.3 Å². The molecule has 1 aromatic rings. The van der Waals surface area contributed by atoms with E-state index in [4.69, 9.17) is 10.00 Å². The van der Waals surface area contributed by atoms with Gasteiger partial charge in [-0.3, -0.25) is 0 Å². The van der Waals surface area contributed by atoms with Crippen LogP contribution >= 0.6 is 0 Å². The van der Waals surface area contributed by atoms with E-state index in [1.54, 1.807) is 6.92 Å². The molecular formula is C13H17NO. The van der Waals surface area contributed by atoms with E-state index >= 15 is 0 Å². The van der Waals surface area contributed by atoms with Crippen molar-refractivity contribution in [2.75, 3.05) is 0 Å². The van der Waals surface area contributed by atoms with Gasteiger partial charge in [0.25, 0.3) is 0 Å². The first kappa shape index (κ1) is 11.6. The van der Waals surface area contributed by atoms with Gasteiger partial charge < -0.3 is 4.74 Å². The number of nitriles is 1. The summed E-state index contributed by atoms with van der Waals surface area (Å²) in [6, 6.07) is 9.94. The summed E-state index contributed by atoms with van der Waals surface area (Å²) < 4.78 is 5.56. The lowest BCUT2D eigenvalue weighted by Gasteiger charge is -2.23. The Morgan fingerprint density at radius 2 is 1.87 bits per heavy atom. The highest BCUT2D eigenvalue weighted by Gasteiger charge is 2.19. The van der Waals surface area contributed by atoms with E-state index in [-0.39, 0.29) is 5.41 Å². The van der Waals surface area contributed by atoms with Crippen LogP contribution in [0.1, 0.15) is 33.3 Å². The predicted molar refractivity (Wildman–Crippen MR) is 60.8 cm³/mol. The van der Waals surface area contributed by atoms with Gasteiger partial charge in [-0.1, -0.05) is 39.0 Å². The van der Waals surface area contributed by atoms with E-state index in [2.05, 4.69) is 26.8 Å². The molecule has 0 saturated heterocycles. The Balaban J connectivity index is 3.03. The van der Waals surface area contributed by atoms with Crippen LogP contribution in [0.15, 0.2) is 24.3 Å². The van der Waals surface area contributed by atoms with Gasteiger partial charge in [-0.2, -0.15) is 5.26 Å². The lowest BCUT2D eigenvalue weighted by Crippen LogP contribution is -2.16.